The third-order valence-corrected chi connectivity index (χ3v) is 11.4. The van der Waals surface area contributed by atoms with Gasteiger partial charge in [0.05, 0.1) is 11.1 Å². The van der Waals surface area contributed by atoms with Crippen LogP contribution < -0.4 is 4.74 Å². The maximum absolute atomic E-state index is 9.30. The predicted molar refractivity (Wildman–Crippen MR) is 102 cm³/mol. The molecule has 132 valence electrons. The van der Waals surface area contributed by atoms with Crippen LogP contribution in [0.25, 0.3) is 0 Å². The van der Waals surface area contributed by atoms with Crippen LogP contribution in [0.3, 0.4) is 0 Å². The maximum Gasteiger partial charge on any atom is 0.205 e. The summed E-state index contributed by atoms with van der Waals surface area (Å²) in [5, 5.41) is 9.30. The van der Waals surface area contributed by atoms with E-state index in [0.717, 1.165) is 10.0 Å². The van der Waals surface area contributed by atoms with Gasteiger partial charge in [-0.2, -0.15) is 0 Å². The summed E-state index contributed by atoms with van der Waals surface area (Å²) in [7, 11) is -1.97. The molecule has 5 heteroatoms. The highest BCUT2D eigenvalue weighted by Gasteiger charge is 2.46. The van der Waals surface area contributed by atoms with Crippen molar-refractivity contribution in [3.8, 4) is 5.75 Å². The van der Waals surface area contributed by atoms with Gasteiger partial charge in [0.15, 0.2) is 6.29 Å². The first-order valence-electron chi connectivity index (χ1n) is 8.38. The molecule has 23 heavy (non-hydrogen) atoms. The summed E-state index contributed by atoms with van der Waals surface area (Å²) < 4.78 is 13.5. The van der Waals surface area contributed by atoms with Gasteiger partial charge in [-0.1, -0.05) is 47.6 Å². The van der Waals surface area contributed by atoms with Gasteiger partial charge in [0.1, 0.15) is 5.75 Å². The molecule has 0 aliphatic rings. The lowest BCUT2D eigenvalue weighted by Gasteiger charge is -2.43. The third-order valence-electron chi connectivity index (χ3n) is 4.55. The second-order valence-corrected chi connectivity index (χ2v) is 13.3. The Balaban J connectivity index is 2.98. The average molecular weight is 403 g/mol. The van der Waals surface area contributed by atoms with Gasteiger partial charge < -0.3 is 14.3 Å². The number of hydrogen-bond donors (Lipinski definition) is 1. The molecule has 0 fully saturated rings. The van der Waals surface area contributed by atoms with E-state index < -0.39 is 8.32 Å². The quantitative estimate of drug-likeness (QED) is 0.437. The van der Waals surface area contributed by atoms with Gasteiger partial charge in [0.25, 0.3) is 0 Å². The van der Waals surface area contributed by atoms with Crippen molar-refractivity contribution >= 4 is 24.2 Å². The fourth-order valence-electron chi connectivity index (χ4n) is 3.64. The van der Waals surface area contributed by atoms with Gasteiger partial charge in [-0.25, -0.2) is 0 Å². The molecule has 0 heterocycles. The molecule has 1 rings (SSSR count). The van der Waals surface area contributed by atoms with Crippen LogP contribution in [0.5, 0.6) is 5.75 Å². The number of aliphatic hydroxyl groups is 1. The van der Waals surface area contributed by atoms with E-state index in [2.05, 4.69) is 57.5 Å². The number of aliphatic hydroxyl groups excluding tert-OH is 1. The lowest BCUT2D eigenvalue weighted by molar-refractivity contribution is 0.00653. The van der Waals surface area contributed by atoms with Crippen LogP contribution in [0, 0.1) is 0 Å². The Bertz CT molecular complexity index is 481. The van der Waals surface area contributed by atoms with Crippen molar-refractivity contribution in [1.82, 2.24) is 0 Å². The monoisotopic (exact) mass is 402 g/mol. The summed E-state index contributed by atoms with van der Waals surface area (Å²) in [6, 6.07) is 5.62. The SMILES string of the molecule is CC(Oc1cc(CO)ccc1Br)O[Si](C(C)C)(C(C)C)C(C)C. The molecule has 1 N–H and O–H groups in total. The smallest absolute Gasteiger partial charge is 0.205 e. The molecule has 0 aromatic heterocycles. The number of halogens is 1. The minimum absolute atomic E-state index is 0.00154. The van der Waals surface area contributed by atoms with E-state index in [0.29, 0.717) is 22.4 Å². The first kappa shape index (κ1) is 20.7. The van der Waals surface area contributed by atoms with E-state index in [1.807, 2.05) is 25.1 Å². The molecule has 0 aliphatic heterocycles. The second kappa shape index (κ2) is 8.65. The van der Waals surface area contributed by atoms with Crippen molar-refractivity contribution in [3.05, 3.63) is 28.2 Å². The zero-order valence-corrected chi connectivity index (χ0v) is 18.0. The lowest BCUT2D eigenvalue weighted by Crippen LogP contribution is -2.50. The Kier molecular flexibility index (Phi) is 7.78. The van der Waals surface area contributed by atoms with Crippen LogP contribution in [0.2, 0.25) is 16.6 Å². The van der Waals surface area contributed by atoms with E-state index in [1.54, 1.807) is 0 Å². The van der Waals surface area contributed by atoms with Gasteiger partial charge in [-0.3, -0.25) is 0 Å². The fraction of sp³-hybridized carbons (Fsp3) is 0.667. The summed E-state index contributed by atoms with van der Waals surface area (Å²) >= 11 is 3.50. The van der Waals surface area contributed by atoms with Crippen LogP contribution in [0.15, 0.2) is 22.7 Å². The summed E-state index contributed by atoms with van der Waals surface area (Å²) in [4.78, 5) is 0. The highest BCUT2D eigenvalue weighted by Crippen LogP contribution is 2.43. The van der Waals surface area contributed by atoms with Crippen LogP contribution in [-0.4, -0.2) is 19.7 Å². The van der Waals surface area contributed by atoms with E-state index in [4.69, 9.17) is 9.16 Å². The zero-order chi connectivity index (χ0) is 17.8. The number of hydrogen-bond acceptors (Lipinski definition) is 3. The Morgan fingerprint density at radius 2 is 1.52 bits per heavy atom. The third kappa shape index (κ3) is 4.81. The van der Waals surface area contributed by atoms with Gasteiger partial charge in [0.2, 0.25) is 8.32 Å². The standard InChI is InChI=1S/C18H31BrO3Si/c1-12(2)23(13(3)4,14(5)6)22-15(7)21-18-10-16(11-20)8-9-17(18)19/h8-10,12-15,20H,11H2,1-7H3. The topological polar surface area (TPSA) is 38.7 Å². The molecule has 0 saturated carbocycles. The fourth-order valence-corrected chi connectivity index (χ4v) is 9.41. The highest BCUT2D eigenvalue weighted by molar-refractivity contribution is 9.10. The summed E-state index contributed by atoms with van der Waals surface area (Å²) in [5.41, 5.74) is 2.37. The Hall–Kier alpha value is -0.363. The normalized spacial score (nSPS) is 13.9. The zero-order valence-electron chi connectivity index (χ0n) is 15.4. The molecule has 0 amide bonds. The van der Waals surface area contributed by atoms with Crippen LogP contribution in [0.4, 0.5) is 0 Å². The molecule has 1 unspecified atom stereocenters. The average Bonchev–Trinajstić information content (AvgIpc) is 2.45. The van der Waals surface area contributed by atoms with E-state index >= 15 is 0 Å². The van der Waals surface area contributed by atoms with Crippen LogP contribution >= 0.6 is 15.9 Å². The van der Waals surface area contributed by atoms with Crippen molar-refractivity contribution in [1.29, 1.82) is 0 Å². The first-order chi connectivity index (χ1) is 10.6. The minimum Gasteiger partial charge on any atom is -0.465 e. The van der Waals surface area contributed by atoms with E-state index in [-0.39, 0.29) is 12.9 Å². The lowest BCUT2D eigenvalue weighted by atomic mass is 10.2. The predicted octanol–water partition coefficient (Wildman–Crippen LogP) is 5.86. The molecule has 3 nitrogen and oxygen atoms in total. The Labute approximate surface area is 150 Å². The molecule has 1 aromatic carbocycles. The molecular formula is C18H31BrO3Si. The van der Waals surface area contributed by atoms with Gasteiger partial charge in [-0.05, 0) is 57.2 Å². The number of rotatable bonds is 8. The molecule has 0 bridgehead atoms. The summed E-state index contributed by atoms with van der Waals surface area (Å²) in [5.74, 6) is 0.711. The van der Waals surface area contributed by atoms with Gasteiger partial charge in [-0.15, -0.1) is 0 Å². The van der Waals surface area contributed by atoms with Crippen molar-refractivity contribution in [2.45, 2.75) is 78.0 Å². The molecule has 0 spiro atoms. The van der Waals surface area contributed by atoms with Crippen LogP contribution in [-0.2, 0) is 11.0 Å². The molecule has 1 aromatic rings. The largest absolute Gasteiger partial charge is 0.465 e. The van der Waals surface area contributed by atoms with Gasteiger partial charge in [0, 0.05) is 0 Å². The van der Waals surface area contributed by atoms with Crippen molar-refractivity contribution in [2.24, 2.45) is 0 Å². The highest BCUT2D eigenvalue weighted by atomic mass is 79.9. The summed E-state index contributed by atoms with van der Waals surface area (Å²) in [6.07, 6.45) is -0.320. The van der Waals surface area contributed by atoms with E-state index in [9.17, 15) is 5.11 Å². The molecule has 0 aliphatic carbocycles. The van der Waals surface area contributed by atoms with Crippen molar-refractivity contribution < 1.29 is 14.3 Å². The van der Waals surface area contributed by atoms with E-state index in [1.165, 1.54) is 0 Å². The van der Waals surface area contributed by atoms with Crippen molar-refractivity contribution in [2.75, 3.05) is 0 Å². The number of benzene rings is 1. The number of ether oxygens (including phenoxy) is 1. The van der Waals surface area contributed by atoms with Crippen LogP contribution in [0.1, 0.15) is 54.0 Å². The minimum atomic E-state index is -1.97. The Morgan fingerprint density at radius 3 is 1.96 bits per heavy atom. The molecule has 0 saturated heterocycles. The Morgan fingerprint density at radius 1 is 1.00 bits per heavy atom. The van der Waals surface area contributed by atoms with Gasteiger partial charge >= 0.3 is 0 Å². The second-order valence-electron chi connectivity index (χ2n) is 7.04. The molecular weight excluding hydrogens is 372 g/mol. The molecule has 0 radical (unpaired) electrons. The maximum atomic E-state index is 9.30. The first-order valence-corrected chi connectivity index (χ1v) is 11.3. The summed E-state index contributed by atoms with van der Waals surface area (Å²) in [6.45, 7) is 15.6. The van der Waals surface area contributed by atoms with Crippen molar-refractivity contribution in [3.63, 3.8) is 0 Å². The molecule has 1 atom stereocenters.